The normalized spacial score (nSPS) is 23.6. The Morgan fingerprint density at radius 3 is 2.24 bits per heavy atom. The molecule has 0 spiro atoms. The standard InChI is InChI=1S/C32H31ClO4/c1-3-29-32(37-30(4-2)36-29,24-13-9-6-10-14-24)25-17-20-27(22-15-18-26(33)19-16-22)28(21-25)35-31(34)23-11-7-5-8-12-23/h5-16,18-19,21,29-30H,3-4,17,20H2,1-2H3/t29-,30-,32+/m0/s1. The van der Waals surface area contributed by atoms with Gasteiger partial charge in [0.1, 0.15) is 11.4 Å². The Bertz CT molecular complexity index is 1300. The number of ether oxygens (including phenoxy) is 3. The van der Waals surface area contributed by atoms with Crippen molar-refractivity contribution in [3.05, 3.63) is 124 Å². The fourth-order valence-corrected chi connectivity index (χ4v) is 5.44. The Balaban J connectivity index is 1.64. The van der Waals surface area contributed by atoms with E-state index >= 15 is 0 Å². The number of esters is 1. The van der Waals surface area contributed by atoms with Gasteiger partial charge in [-0.15, -0.1) is 0 Å². The van der Waals surface area contributed by atoms with E-state index in [0.29, 0.717) is 22.8 Å². The molecule has 37 heavy (non-hydrogen) atoms. The van der Waals surface area contributed by atoms with Crippen LogP contribution in [0.1, 0.15) is 61.0 Å². The van der Waals surface area contributed by atoms with Crippen LogP contribution in [0.25, 0.3) is 5.57 Å². The second-order valence-electron chi connectivity index (χ2n) is 9.37. The molecule has 0 radical (unpaired) electrons. The van der Waals surface area contributed by atoms with Crippen LogP contribution in [0.15, 0.2) is 102 Å². The van der Waals surface area contributed by atoms with Gasteiger partial charge in [-0.1, -0.05) is 86.1 Å². The Hall–Kier alpha value is -3.18. The molecule has 0 N–H and O–H groups in total. The van der Waals surface area contributed by atoms with Gasteiger partial charge in [0.15, 0.2) is 6.29 Å². The zero-order valence-corrected chi connectivity index (χ0v) is 21.9. The Morgan fingerprint density at radius 1 is 0.919 bits per heavy atom. The van der Waals surface area contributed by atoms with Crippen LogP contribution < -0.4 is 0 Å². The van der Waals surface area contributed by atoms with E-state index in [1.54, 1.807) is 12.1 Å². The van der Waals surface area contributed by atoms with E-state index in [1.165, 1.54) is 0 Å². The first kappa shape index (κ1) is 25.5. The van der Waals surface area contributed by atoms with Gasteiger partial charge in [-0.05, 0) is 72.7 Å². The highest BCUT2D eigenvalue weighted by molar-refractivity contribution is 6.30. The van der Waals surface area contributed by atoms with Crippen LogP contribution >= 0.6 is 11.6 Å². The van der Waals surface area contributed by atoms with Gasteiger partial charge < -0.3 is 14.2 Å². The second-order valence-corrected chi connectivity index (χ2v) is 9.80. The largest absolute Gasteiger partial charge is 0.423 e. The second kappa shape index (κ2) is 11.1. The lowest BCUT2D eigenvalue weighted by Crippen LogP contribution is -2.39. The Kier molecular flexibility index (Phi) is 7.61. The minimum atomic E-state index is -0.757. The molecule has 0 bridgehead atoms. The maximum Gasteiger partial charge on any atom is 0.343 e. The summed E-state index contributed by atoms with van der Waals surface area (Å²) in [6, 6.07) is 27.0. The number of hydrogen-bond donors (Lipinski definition) is 0. The molecule has 4 nitrogen and oxygen atoms in total. The van der Waals surface area contributed by atoms with Crippen LogP contribution in [0.4, 0.5) is 0 Å². The van der Waals surface area contributed by atoms with Gasteiger partial charge in [0.2, 0.25) is 0 Å². The fraction of sp³-hybridized carbons (Fsp3) is 0.281. The molecule has 5 rings (SSSR count). The van der Waals surface area contributed by atoms with E-state index in [-0.39, 0.29) is 12.4 Å². The van der Waals surface area contributed by atoms with E-state index in [9.17, 15) is 4.79 Å². The highest BCUT2D eigenvalue weighted by Crippen LogP contribution is 2.50. The highest BCUT2D eigenvalue weighted by Gasteiger charge is 2.52. The lowest BCUT2D eigenvalue weighted by atomic mass is 9.75. The SMILES string of the molecule is CC[C@H]1O[C@@H](CC)[C@](C2=CC(OC(=O)c3ccccc3)=C(c3ccc(Cl)cc3)CC2)(c2ccccc2)O1. The summed E-state index contributed by atoms with van der Waals surface area (Å²) < 4.78 is 19.2. The molecule has 1 fully saturated rings. The van der Waals surface area contributed by atoms with Crippen molar-refractivity contribution in [2.75, 3.05) is 0 Å². The molecule has 2 aliphatic rings. The van der Waals surface area contributed by atoms with E-state index in [1.807, 2.05) is 66.7 Å². The van der Waals surface area contributed by atoms with Gasteiger partial charge >= 0.3 is 5.97 Å². The predicted octanol–water partition coefficient (Wildman–Crippen LogP) is 8.09. The monoisotopic (exact) mass is 514 g/mol. The molecule has 1 heterocycles. The first-order chi connectivity index (χ1) is 18.0. The van der Waals surface area contributed by atoms with Crippen molar-refractivity contribution in [1.29, 1.82) is 0 Å². The topological polar surface area (TPSA) is 44.8 Å². The molecule has 3 aromatic rings. The minimum absolute atomic E-state index is 0.158. The van der Waals surface area contributed by atoms with Crippen LogP contribution in [0.5, 0.6) is 0 Å². The molecule has 0 unspecified atom stereocenters. The summed E-state index contributed by atoms with van der Waals surface area (Å²) in [6.07, 6.45) is 4.52. The fourth-order valence-electron chi connectivity index (χ4n) is 5.32. The van der Waals surface area contributed by atoms with Crippen molar-refractivity contribution in [1.82, 2.24) is 0 Å². The van der Waals surface area contributed by atoms with Gasteiger partial charge in [0.25, 0.3) is 0 Å². The molecule has 190 valence electrons. The number of rotatable bonds is 7. The summed E-state index contributed by atoms with van der Waals surface area (Å²) in [4.78, 5) is 13.2. The van der Waals surface area contributed by atoms with Gasteiger partial charge in [-0.3, -0.25) is 0 Å². The first-order valence-electron chi connectivity index (χ1n) is 12.9. The lowest BCUT2D eigenvalue weighted by Gasteiger charge is -2.37. The Morgan fingerprint density at radius 2 is 1.59 bits per heavy atom. The van der Waals surface area contributed by atoms with Gasteiger partial charge in [-0.25, -0.2) is 4.79 Å². The van der Waals surface area contributed by atoms with Gasteiger partial charge in [0.05, 0.1) is 11.7 Å². The maximum atomic E-state index is 13.2. The summed E-state index contributed by atoms with van der Waals surface area (Å²) in [5, 5.41) is 0.662. The maximum absolute atomic E-state index is 13.2. The van der Waals surface area contributed by atoms with Crippen LogP contribution in [-0.4, -0.2) is 18.4 Å². The van der Waals surface area contributed by atoms with E-state index in [4.69, 9.17) is 25.8 Å². The molecule has 1 saturated heterocycles. The summed E-state index contributed by atoms with van der Waals surface area (Å²) >= 11 is 6.16. The van der Waals surface area contributed by atoms with E-state index < -0.39 is 11.6 Å². The zero-order valence-electron chi connectivity index (χ0n) is 21.2. The third-order valence-corrected chi connectivity index (χ3v) is 7.37. The molecule has 0 aromatic heterocycles. The molecule has 5 heteroatoms. The molecule has 3 atom stereocenters. The quantitative estimate of drug-likeness (QED) is 0.299. The molecule has 0 amide bonds. The highest BCUT2D eigenvalue weighted by atomic mass is 35.5. The Labute approximate surface area is 223 Å². The number of benzene rings is 3. The van der Waals surface area contributed by atoms with Crippen molar-refractivity contribution >= 4 is 23.1 Å². The van der Waals surface area contributed by atoms with Crippen molar-refractivity contribution in [3.8, 4) is 0 Å². The van der Waals surface area contributed by atoms with Crippen molar-refractivity contribution in [2.24, 2.45) is 0 Å². The van der Waals surface area contributed by atoms with E-state index in [0.717, 1.165) is 41.5 Å². The van der Waals surface area contributed by atoms with Gasteiger partial charge in [0, 0.05) is 10.6 Å². The predicted molar refractivity (Wildman–Crippen MR) is 146 cm³/mol. The lowest BCUT2D eigenvalue weighted by molar-refractivity contribution is -0.0841. The molecule has 1 aliphatic carbocycles. The molecule has 3 aromatic carbocycles. The van der Waals surface area contributed by atoms with E-state index in [2.05, 4.69) is 26.0 Å². The smallest absolute Gasteiger partial charge is 0.343 e. The number of hydrogen-bond acceptors (Lipinski definition) is 4. The van der Waals surface area contributed by atoms with Crippen molar-refractivity contribution in [3.63, 3.8) is 0 Å². The molecule has 1 aliphatic heterocycles. The molecule has 0 saturated carbocycles. The van der Waals surface area contributed by atoms with Crippen LogP contribution in [0.3, 0.4) is 0 Å². The average molecular weight is 515 g/mol. The third kappa shape index (κ3) is 5.02. The summed E-state index contributed by atoms with van der Waals surface area (Å²) in [6.45, 7) is 4.19. The van der Waals surface area contributed by atoms with Crippen LogP contribution in [0.2, 0.25) is 5.02 Å². The molecular formula is C32H31ClO4. The van der Waals surface area contributed by atoms with Crippen molar-refractivity contribution < 1.29 is 19.0 Å². The third-order valence-electron chi connectivity index (χ3n) is 7.12. The first-order valence-corrected chi connectivity index (χ1v) is 13.3. The summed E-state index contributed by atoms with van der Waals surface area (Å²) in [5.41, 5.74) is 3.79. The number of carbonyl (C=O) groups is 1. The van der Waals surface area contributed by atoms with Crippen molar-refractivity contribution in [2.45, 2.75) is 57.5 Å². The van der Waals surface area contributed by atoms with Crippen LogP contribution in [0, 0.1) is 0 Å². The number of halogens is 1. The van der Waals surface area contributed by atoms with Crippen LogP contribution in [-0.2, 0) is 19.8 Å². The average Bonchev–Trinajstić information content (AvgIpc) is 3.35. The number of carbonyl (C=O) groups excluding carboxylic acids is 1. The molecular weight excluding hydrogens is 484 g/mol. The zero-order chi connectivity index (χ0) is 25.8. The summed E-state index contributed by atoms with van der Waals surface area (Å²) in [5.74, 6) is 0.140. The van der Waals surface area contributed by atoms with Gasteiger partial charge in [-0.2, -0.15) is 0 Å². The minimum Gasteiger partial charge on any atom is -0.423 e. The number of allylic oxidation sites excluding steroid dienone is 2. The summed E-state index contributed by atoms with van der Waals surface area (Å²) in [7, 11) is 0.